The molecule has 1 saturated heterocycles. The number of anilines is 2. The molecular formula is C13H21N5O. The largest absolute Gasteiger partial charge is 0.391 e. The van der Waals surface area contributed by atoms with Crippen molar-refractivity contribution in [3.05, 3.63) is 16.7 Å². The number of nitrogens with zero attached hydrogens (tertiary/aromatic N) is 2. The van der Waals surface area contributed by atoms with E-state index >= 15 is 0 Å². The van der Waals surface area contributed by atoms with Crippen molar-refractivity contribution in [2.24, 2.45) is 0 Å². The number of nitrogens with two attached hydrogens (primary N) is 1. The molecule has 104 valence electrons. The van der Waals surface area contributed by atoms with Gasteiger partial charge in [-0.2, -0.15) is 0 Å². The first-order chi connectivity index (χ1) is 9.25. The van der Waals surface area contributed by atoms with Crippen molar-refractivity contribution in [3.8, 4) is 0 Å². The highest BCUT2D eigenvalue weighted by Gasteiger charge is 2.28. The summed E-state index contributed by atoms with van der Waals surface area (Å²) in [5.41, 5.74) is 5.87. The first kappa shape index (κ1) is 12.5. The zero-order valence-electron chi connectivity index (χ0n) is 11.1. The Hall–Kier alpha value is -1.56. The van der Waals surface area contributed by atoms with Crippen LogP contribution < -0.4 is 21.5 Å². The molecule has 2 heterocycles. The molecule has 19 heavy (non-hydrogen) atoms. The number of nitrogens with one attached hydrogen (secondary N) is 2. The highest BCUT2D eigenvalue weighted by molar-refractivity contribution is 5.61. The number of H-pyrrole nitrogens is 1. The van der Waals surface area contributed by atoms with Gasteiger partial charge >= 0.3 is 0 Å². The monoisotopic (exact) mass is 263 g/mol. The lowest BCUT2D eigenvalue weighted by molar-refractivity contribution is 0.432. The maximum absolute atomic E-state index is 11.6. The Morgan fingerprint density at radius 2 is 2.26 bits per heavy atom. The van der Waals surface area contributed by atoms with Gasteiger partial charge < -0.3 is 20.9 Å². The third kappa shape index (κ3) is 2.73. The van der Waals surface area contributed by atoms with E-state index in [-0.39, 0.29) is 11.2 Å². The van der Waals surface area contributed by atoms with Gasteiger partial charge in [0.05, 0.1) is 6.33 Å². The Labute approximate surface area is 112 Å². The van der Waals surface area contributed by atoms with E-state index in [1.807, 2.05) is 0 Å². The van der Waals surface area contributed by atoms with Gasteiger partial charge in [0.1, 0.15) is 5.69 Å². The molecule has 6 heteroatoms. The molecule has 3 rings (SSSR count). The first-order valence-electron chi connectivity index (χ1n) is 7.09. The molecule has 1 aromatic rings. The van der Waals surface area contributed by atoms with Crippen molar-refractivity contribution in [2.75, 3.05) is 23.7 Å². The fourth-order valence-electron chi connectivity index (χ4n) is 2.71. The van der Waals surface area contributed by atoms with Gasteiger partial charge in [0.15, 0.2) is 5.82 Å². The third-order valence-electron chi connectivity index (χ3n) is 3.99. The fourth-order valence-corrected chi connectivity index (χ4v) is 2.71. The third-order valence-corrected chi connectivity index (χ3v) is 3.99. The minimum atomic E-state index is -0.246. The second-order valence-corrected chi connectivity index (χ2v) is 5.49. The molecule has 1 aliphatic heterocycles. The minimum Gasteiger partial charge on any atom is -0.391 e. The van der Waals surface area contributed by atoms with Crippen LogP contribution >= 0.6 is 0 Å². The molecule has 2 fully saturated rings. The Morgan fingerprint density at radius 1 is 1.42 bits per heavy atom. The summed E-state index contributed by atoms with van der Waals surface area (Å²) < 4.78 is 0. The van der Waals surface area contributed by atoms with E-state index in [2.05, 4.69) is 20.2 Å². The molecule has 1 atom stereocenters. The molecule has 1 saturated carbocycles. The summed E-state index contributed by atoms with van der Waals surface area (Å²) in [6, 6.07) is 1.10. The molecule has 0 bridgehead atoms. The number of aromatic amines is 1. The molecule has 4 N–H and O–H groups in total. The van der Waals surface area contributed by atoms with Gasteiger partial charge in [0.2, 0.25) is 0 Å². The number of nitrogen functional groups attached to an aromatic ring is 1. The number of aromatic nitrogens is 2. The quantitative estimate of drug-likeness (QED) is 0.735. The number of rotatable bonds is 4. The molecule has 0 radical (unpaired) electrons. The summed E-state index contributed by atoms with van der Waals surface area (Å²) in [6.07, 6.45) is 7.52. The second-order valence-electron chi connectivity index (χ2n) is 5.49. The van der Waals surface area contributed by atoms with Crippen LogP contribution in [0.3, 0.4) is 0 Å². The Bertz CT molecular complexity index is 496. The summed E-state index contributed by atoms with van der Waals surface area (Å²) in [6.45, 7) is 1.89. The topological polar surface area (TPSA) is 87.0 Å². The lowest BCUT2D eigenvalue weighted by Crippen LogP contribution is -2.47. The van der Waals surface area contributed by atoms with Crippen LogP contribution in [0.15, 0.2) is 11.1 Å². The van der Waals surface area contributed by atoms with Crippen LogP contribution in [0.2, 0.25) is 0 Å². The Morgan fingerprint density at radius 3 is 3.05 bits per heavy atom. The highest BCUT2D eigenvalue weighted by atomic mass is 16.1. The molecule has 0 spiro atoms. The number of piperidine rings is 1. The van der Waals surface area contributed by atoms with Crippen LogP contribution in [-0.4, -0.2) is 35.1 Å². The molecule has 1 aliphatic carbocycles. The SMILES string of the molecule is Nc1c(N2CCCCC2CNC2CC2)nc[nH]c1=O. The van der Waals surface area contributed by atoms with E-state index in [0.29, 0.717) is 17.9 Å². The molecule has 2 aliphatic rings. The van der Waals surface area contributed by atoms with Crippen LogP contribution in [0, 0.1) is 0 Å². The molecular weight excluding hydrogens is 242 g/mol. The van der Waals surface area contributed by atoms with Gasteiger partial charge in [-0.3, -0.25) is 4.79 Å². The zero-order valence-corrected chi connectivity index (χ0v) is 11.1. The maximum Gasteiger partial charge on any atom is 0.276 e. The summed E-state index contributed by atoms with van der Waals surface area (Å²) in [5.74, 6) is 0.644. The Kier molecular flexibility index (Phi) is 3.42. The van der Waals surface area contributed by atoms with E-state index in [1.165, 1.54) is 25.6 Å². The van der Waals surface area contributed by atoms with Gasteiger partial charge in [0.25, 0.3) is 5.56 Å². The van der Waals surface area contributed by atoms with E-state index in [1.54, 1.807) is 0 Å². The fraction of sp³-hybridized carbons (Fsp3) is 0.692. The van der Waals surface area contributed by atoms with Crippen molar-refractivity contribution >= 4 is 11.5 Å². The van der Waals surface area contributed by atoms with Crippen molar-refractivity contribution in [1.82, 2.24) is 15.3 Å². The lowest BCUT2D eigenvalue weighted by Gasteiger charge is -2.37. The first-order valence-corrected chi connectivity index (χ1v) is 7.09. The maximum atomic E-state index is 11.6. The van der Waals surface area contributed by atoms with Crippen LogP contribution in [0.5, 0.6) is 0 Å². The van der Waals surface area contributed by atoms with Gasteiger partial charge in [-0.15, -0.1) is 0 Å². The van der Waals surface area contributed by atoms with E-state index in [9.17, 15) is 4.79 Å². The summed E-state index contributed by atoms with van der Waals surface area (Å²) >= 11 is 0. The van der Waals surface area contributed by atoms with E-state index in [0.717, 1.165) is 25.9 Å². The predicted molar refractivity (Wildman–Crippen MR) is 75.3 cm³/mol. The van der Waals surface area contributed by atoms with Gasteiger partial charge in [-0.25, -0.2) is 4.98 Å². The minimum absolute atomic E-state index is 0.237. The van der Waals surface area contributed by atoms with E-state index < -0.39 is 0 Å². The average molecular weight is 263 g/mol. The highest BCUT2D eigenvalue weighted by Crippen LogP contribution is 2.26. The zero-order chi connectivity index (χ0) is 13.2. The molecule has 0 amide bonds. The summed E-state index contributed by atoms with van der Waals surface area (Å²) in [5, 5.41) is 3.56. The summed E-state index contributed by atoms with van der Waals surface area (Å²) in [4.78, 5) is 20.6. The molecule has 6 nitrogen and oxygen atoms in total. The standard InChI is InChI=1S/C13H21N5O/c14-11-12(16-8-17-13(11)19)18-6-2-1-3-10(18)7-15-9-4-5-9/h8-10,15H,1-7,14H2,(H,16,17,19). The Balaban J connectivity index is 1.78. The summed E-state index contributed by atoms with van der Waals surface area (Å²) in [7, 11) is 0. The smallest absolute Gasteiger partial charge is 0.276 e. The van der Waals surface area contributed by atoms with Crippen LogP contribution in [0.4, 0.5) is 11.5 Å². The van der Waals surface area contributed by atoms with Crippen molar-refractivity contribution in [2.45, 2.75) is 44.2 Å². The predicted octanol–water partition coefficient (Wildman–Crippen LogP) is 0.463. The second kappa shape index (κ2) is 5.21. The average Bonchev–Trinajstić information content (AvgIpc) is 3.24. The molecule has 0 aromatic carbocycles. The lowest BCUT2D eigenvalue weighted by atomic mass is 10.0. The number of hydrogen-bond donors (Lipinski definition) is 3. The van der Waals surface area contributed by atoms with Crippen LogP contribution in [-0.2, 0) is 0 Å². The van der Waals surface area contributed by atoms with Crippen LogP contribution in [0.1, 0.15) is 32.1 Å². The van der Waals surface area contributed by atoms with Crippen molar-refractivity contribution in [3.63, 3.8) is 0 Å². The van der Waals surface area contributed by atoms with Crippen molar-refractivity contribution < 1.29 is 0 Å². The van der Waals surface area contributed by atoms with Gasteiger partial charge in [-0.05, 0) is 32.1 Å². The van der Waals surface area contributed by atoms with Gasteiger partial charge in [-0.1, -0.05) is 0 Å². The molecule has 1 unspecified atom stereocenters. The normalized spacial score (nSPS) is 23.6. The van der Waals surface area contributed by atoms with Gasteiger partial charge in [0, 0.05) is 25.2 Å². The van der Waals surface area contributed by atoms with Crippen molar-refractivity contribution in [1.29, 1.82) is 0 Å². The molecule has 1 aromatic heterocycles. The van der Waals surface area contributed by atoms with E-state index in [4.69, 9.17) is 5.73 Å². The number of hydrogen-bond acceptors (Lipinski definition) is 5. The van der Waals surface area contributed by atoms with Crippen LogP contribution in [0.25, 0.3) is 0 Å².